The predicted octanol–water partition coefficient (Wildman–Crippen LogP) is 0.619. The standard InChI is InChI=1S/C7H12O4S2/c1-3(2)11-7(10)5(13)4(12)6(8)9/h3-5,12-13H,1-2H3,(H,8,9). The molecule has 0 aromatic carbocycles. The van der Waals surface area contributed by atoms with Crippen molar-refractivity contribution in [3.8, 4) is 0 Å². The van der Waals surface area contributed by atoms with E-state index in [9.17, 15) is 9.59 Å². The number of carboxylic acid groups (broad SMARTS) is 1. The number of hydrogen-bond acceptors (Lipinski definition) is 5. The number of carboxylic acids is 1. The van der Waals surface area contributed by atoms with Crippen molar-refractivity contribution >= 4 is 37.2 Å². The maximum Gasteiger partial charge on any atom is 0.320 e. The van der Waals surface area contributed by atoms with Gasteiger partial charge >= 0.3 is 11.9 Å². The van der Waals surface area contributed by atoms with Gasteiger partial charge in [-0.3, -0.25) is 9.59 Å². The minimum atomic E-state index is -1.19. The lowest BCUT2D eigenvalue weighted by molar-refractivity contribution is -0.149. The molecule has 0 heterocycles. The Labute approximate surface area is 87.5 Å². The third-order valence-electron chi connectivity index (χ3n) is 1.15. The molecule has 0 aliphatic heterocycles. The molecule has 6 heteroatoms. The number of ether oxygens (including phenoxy) is 1. The first-order chi connectivity index (χ1) is 5.86. The van der Waals surface area contributed by atoms with E-state index in [0.29, 0.717) is 0 Å². The Morgan fingerprint density at radius 3 is 2.00 bits per heavy atom. The zero-order chi connectivity index (χ0) is 10.6. The molecule has 0 rings (SSSR count). The van der Waals surface area contributed by atoms with Gasteiger partial charge in [-0.1, -0.05) is 0 Å². The highest BCUT2D eigenvalue weighted by Gasteiger charge is 2.29. The third kappa shape index (κ3) is 4.42. The fourth-order valence-corrected chi connectivity index (χ4v) is 0.876. The molecular weight excluding hydrogens is 212 g/mol. The van der Waals surface area contributed by atoms with Crippen molar-refractivity contribution in [3.63, 3.8) is 0 Å². The molecule has 2 unspecified atom stereocenters. The van der Waals surface area contributed by atoms with Crippen LogP contribution in [0.25, 0.3) is 0 Å². The zero-order valence-corrected chi connectivity index (χ0v) is 9.09. The second-order valence-corrected chi connectivity index (χ2v) is 3.83. The van der Waals surface area contributed by atoms with E-state index in [2.05, 4.69) is 25.3 Å². The zero-order valence-electron chi connectivity index (χ0n) is 7.30. The molecule has 0 saturated heterocycles. The van der Waals surface area contributed by atoms with Crippen molar-refractivity contribution in [2.24, 2.45) is 0 Å². The van der Waals surface area contributed by atoms with Gasteiger partial charge in [0.2, 0.25) is 0 Å². The number of rotatable bonds is 4. The summed E-state index contributed by atoms with van der Waals surface area (Å²) in [5.41, 5.74) is 0. The van der Waals surface area contributed by atoms with E-state index in [-0.39, 0.29) is 6.10 Å². The normalized spacial score (nSPS) is 15.2. The topological polar surface area (TPSA) is 63.6 Å². The van der Waals surface area contributed by atoms with Gasteiger partial charge in [0.15, 0.2) is 0 Å². The summed E-state index contributed by atoms with van der Waals surface area (Å²) in [6.07, 6.45) is -0.281. The molecule has 0 aromatic heterocycles. The Balaban J connectivity index is 4.17. The molecular formula is C7H12O4S2. The molecule has 76 valence electrons. The smallest absolute Gasteiger partial charge is 0.320 e. The van der Waals surface area contributed by atoms with Crippen LogP contribution >= 0.6 is 25.3 Å². The summed E-state index contributed by atoms with van der Waals surface area (Å²) in [4.78, 5) is 21.5. The highest BCUT2D eigenvalue weighted by Crippen LogP contribution is 2.12. The quantitative estimate of drug-likeness (QED) is 0.484. The molecule has 2 atom stereocenters. The Kier molecular flexibility index (Phi) is 5.24. The molecule has 0 fully saturated rings. The van der Waals surface area contributed by atoms with E-state index in [1.165, 1.54) is 0 Å². The van der Waals surface area contributed by atoms with Gasteiger partial charge in [-0.25, -0.2) is 0 Å². The Bertz CT molecular complexity index is 205. The third-order valence-corrected chi connectivity index (χ3v) is 2.41. The van der Waals surface area contributed by atoms with Crippen LogP contribution in [-0.4, -0.2) is 33.6 Å². The monoisotopic (exact) mass is 224 g/mol. The summed E-state index contributed by atoms with van der Waals surface area (Å²) in [6.45, 7) is 3.35. The fraction of sp³-hybridized carbons (Fsp3) is 0.714. The summed E-state index contributed by atoms with van der Waals surface area (Å²) >= 11 is 7.51. The molecule has 4 nitrogen and oxygen atoms in total. The summed E-state index contributed by atoms with van der Waals surface area (Å²) in [6, 6.07) is 0. The van der Waals surface area contributed by atoms with Crippen LogP contribution in [0.15, 0.2) is 0 Å². The minimum Gasteiger partial charge on any atom is -0.480 e. The predicted molar refractivity (Wildman–Crippen MR) is 54.4 cm³/mol. The highest BCUT2D eigenvalue weighted by atomic mass is 32.1. The lowest BCUT2D eigenvalue weighted by Gasteiger charge is -2.15. The van der Waals surface area contributed by atoms with Gasteiger partial charge in [-0.15, -0.1) is 0 Å². The van der Waals surface area contributed by atoms with Crippen LogP contribution < -0.4 is 0 Å². The van der Waals surface area contributed by atoms with Gasteiger partial charge in [0.25, 0.3) is 0 Å². The van der Waals surface area contributed by atoms with E-state index in [0.717, 1.165) is 0 Å². The van der Waals surface area contributed by atoms with Gasteiger partial charge < -0.3 is 9.84 Å². The Morgan fingerprint density at radius 2 is 1.69 bits per heavy atom. The Hall–Kier alpha value is -0.360. The second kappa shape index (κ2) is 5.39. The van der Waals surface area contributed by atoms with Crippen molar-refractivity contribution < 1.29 is 19.4 Å². The van der Waals surface area contributed by atoms with Crippen LogP contribution in [0.5, 0.6) is 0 Å². The van der Waals surface area contributed by atoms with Gasteiger partial charge in [-0.05, 0) is 13.8 Å². The van der Waals surface area contributed by atoms with E-state index >= 15 is 0 Å². The van der Waals surface area contributed by atoms with Crippen molar-refractivity contribution in [1.29, 1.82) is 0 Å². The SMILES string of the molecule is CC(C)OC(=O)C(S)C(S)C(=O)O. The molecule has 0 amide bonds. The number of aliphatic carboxylic acids is 1. The molecule has 0 aliphatic carbocycles. The number of esters is 1. The lowest BCUT2D eigenvalue weighted by atomic mass is 10.3. The molecule has 1 N–H and O–H groups in total. The van der Waals surface area contributed by atoms with Crippen molar-refractivity contribution in [2.45, 2.75) is 30.5 Å². The molecule has 13 heavy (non-hydrogen) atoms. The Morgan fingerprint density at radius 1 is 1.23 bits per heavy atom. The molecule has 0 spiro atoms. The maximum absolute atomic E-state index is 11.1. The van der Waals surface area contributed by atoms with Crippen molar-refractivity contribution in [2.75, 3.05) is 0 Å². The number of thiol groups is 2. The number of carbonyl (C=O) groups is 2. The van der Waals surface area contributed by atoms with E-state index in [1.807, 2.05) is 0 Å². The summed E-state index contributed by atoms with van der Waals surface area (Å²) < 4.78 is 4.76. The first-order valence-electron chi connectivity index (χ1n) is 3.65. The van der Waals surface area contributed by atoms with Crippen LogP contribution in [-0.2, 0) is 14.3 Å². The molecule has 0 aromatic rings. The van der Waals surface area contributed by atoms with E-state index in [4.69, 9.17) is 9.84 Å². The minimum absolute atomic E-state index is 0.281. The first-order valence-corrected chi connectivity index (χ1v) is 4.69. The fourth-order valence-electron chi connectivity index (χ4n) is 0.566. The summed E-state index contributed by atoms with van der Waals surface area (Å²) in [5, 5.41) is 6.32. The van der Waals surface area contributed by atoms with Crippen molar-refractivity contribution in [1.82, 2.24) is 0 Å². The average molecular weight is 224 g/mol. The average Bonchev–Trinajstić information content (AvgIpc) is 2.00. The highest BCUT2D eigenvalue weighted by molar-refractivity contribution is 7.86. The van der Waals surface area contributed by atoms with Gasteiger partial charge in [0.1, 0.15) is 10.5 Å². The summed E-state index contributed by atoms with van der Waals surface area (Å²) in [7, 11) is 0. The van der Waals surface area contributed by atoms with Gasteiger partial charge in [-0.2, -0.15) is 25.3 Å². The first kappa shape index (κ1) is 12.6. The molecule has 0 saturated carbocycles. The van der Waals surface area contributed by atoms with Crippen LogP contribution in [0.2, 0.25) is 0 Å². The molecule has 0 aliphatic rings. The van der Waals surface area contributed by atoms with Crippen LogP contribution in [0.1, 0.15) is 13.8 Å². The number of carbonyl (C=O) groups excluding carboxylic acids is 1. The maximum atomic E-state index is 11.1. The van der Waals surface area contributed by atoms with E-state index < -0.39 is 22.4 Å². The van der Waals surface area contributed by atoms with Crippen LogP contribution in [0.4, 0.5) is 0 Å². The second-order valence-electron chi connectivity index (χ2n) is 2.71. The lowest BCUT2D eigenvalue weighted by Crippen LogP contribution is -2.34. The van der Waals surface area contributed by atoms with E-state index in [1.54, 1.807) is 13.8 Å². The largest absolute Gasteiger partial charge is 0.480 e. The summed E-state index contributed by atoms with van der Waals surface area (Å²) in [5.74, 6) is -1.86. The molecule has 0 bridgehead atoms. The number of hydrogen-bond donors (Lipinski definition) is 3. The molecule has 0 radical (unpaired) electrons. The van der Waals surface area contributed by atoms with Crippen LogP contribution in [0, 0.1) is 0 Å². The van der Waals surface area contributed by atoms with Crippen LogP contribution in [0.3, 0.4) is 0 Å². The van der Waals surface area contributed by atoms with Gasteiger partial charge in [0.05, 0.1) is 6.10 Å². The van der Waals surface area contributed by atoms with Gasteiger partial charge in [0, 0.05) is 0 Å². The van der Waals surface area contributed by atoms with Crippen molar-refractivity contribution in [3.05, 3.63) is 0 Å².